The molecule has 8 nitrogen and oxygen atoms in total. The van der Waals surface area contributed by atoms with Crippen LogP contribution < -0.4 is 15.4 Å². The number of nitrogens with one attached hydrogen (secondary N) is 2. The van der Waals surface area contributed by atoms with Crippen LogP contribution in [0.5, 0.6) is 5.88 Å². The number of carbonyl (C=O) groups excluding carboxylic acids is 2. The van der Waals surface area contributed by atoms with Crippen molar-refractivity contribution in [2.45, 2.75) is 39.6 Å². The summed E-state index contributed by atoms with van der Waals surface area (Å²) in [7, 11) is 0. The zero-order chi connectivity index (χ0) is 23.2. The Morgan fingerprint density at radius 3 is 2.52 bits per heavy atom. The summed E-state index contributed by atoms with van der Waals surface area (Å²) in [6.45, 7) is 2.98. The first kappa shape index (κ1) is 24.1. The Labute approximate surface area is 176 Å². The molecule has 2 amide bonds. The number of halogens is 3. The number of hydrogen-bond donors (Lipinski definition) is 3. The maximum Gasteiger partial charge on any atom is 0.422 e. The third-order valence-electron chi connectivity index (χ3n) is 4.13. The zero-order valence-corrected chi connectivity index (χ0v) is 17.2. The van der Waals surface area contributed by atoms with Crippen LogP contribution in [0, 0.1) is 5.92 Å². The average Bonchev–Trinajstić information content (AvgIpc) is 2.71. The second-order valence-corrected chi connectivity index (χ2v) is 7.06. The number of rotatable bonds is 8. The van der Waals surface area contributed by atoms with Gasteiger partial charge in [-0.2, -0.15) is 13.2 Å². The molecule has 2 aromatic heterocycles. The van der Waals surface area contributed by atoms with Gasteiger partial charge in [0.2, 0.25) is 11.8 Å². The molecule has 2 rings (SSSR count). The zero-order valence-electron chi connectivity index (χ0n) is 17.2. The van der Waals surface area contributed by atoms with Crippen LogP contribution >= 0.6 is 0 Å². The fraction of sp³-hybridized carbons (Fsp3) is 0.400. The van der Waals surface area contributed by atoms with E-state index in [2.05, 4.69) is 25.3 Å². The van der Waals surface area contributed by atoms with Gasteiger partial charge in [-0.1, -0.05) is 13.8 Å². The van der Waals surface area contributed by atoms with Crippen molar-refractivity contribution in [3.63, 3.8) is 0 Å². The van der Waals surface area contributed by atoms with Crippen molar-refractivity contribution in [3.05, 3.63) is 47.3 Å². The van der Waals surface area contributed by atoms with E-state index in [1.807, 2.05) is 0 Å². The SMILES string of the molecule is CC(C)C(=O)Nc1cc(C(=O)NC(C)c2cnc(OCC(F)(F)F)c(CO)c2)ccn1. The van der Waals surface area contributed by atoms with Gasteiger partial charge in [-0.15, -0.1) is 0 Å². The fourth-order valence-corrected chi connectivity index (χ4v) is 2.42. The molecule has 0 aliphatic carbocycles. The van der Waals surface area contributed by atoms with Crippen LogP contribution in [0.15, 0.2) is 30.6 Å². The van der Waals surface area contributed by atoms with E-state index in [0.717, 1.165) is 0 Å². The number of anilines is 1. The average molecular weight is 440 g/mol. The van der Waals surface area contributed by atoms with Crippen LogP contribution in [-0.4, -0.2) is 39.7 Å². The Morgan fingerprint density at radius 2 is 1.90 bits per heavy atom. The maximum absolute atomic E-state index is 12.6. The molecule has 2 heterocycles. The Bertz CT molecular complexity index is 935. The van der Waals surface area contributed by atoms with Gasteiger partial charge in [-0.25, -0.2) is 9.97 Å². The number of hydrogen-bond acceptors (Lipinski definition) is 6. The summed E-state index contributed by atoms with van der Waals surface area (Å²) in [6, 6.07) is 3.72. The number of ether oxygens (including phenoxy) is 1. The molecule has 31 heavy (non-hydrogen) atoms. The first-order valence-electron chi connectivity index (χ1n) is 9.37. The first-order valence-corrected chi connectivity index (χ1v) is 9.37. The summed E-state index contributed by atoms with van der Waals surface area (Å²) in [5.74, 6) is -1.06. The smallest absolute Gasteiger partial charge is 0.422 e. The number of aromatic nitrogens is 2. The Morgan fingerprint density at radius 1 is 1.19 bits per heavy atom. The molecule has 3 N–H and O–H groups in total. The molecule has 0 aliphatic heterocycles. The largest absolute Gasteiger partial charge is 0.468 e. The molecule has 0 aromatic carbocycles. The van der Waals surface area contributed by atoms with Gasteiger partial charge in [-0.05, 0) is 30.7 Å². The van der Waals surface area contributed by atoms with E-state index < -0.39 is 31.3 Å². The highest BCUT2D eigenvalue weighted by molar-refractivity contribution is 5.97. The number of amides is 2. The van der Waals surface area contributed by atoms with Crippen molar-refractivity contribution in [2.75, 3.05) is 11.9 Å². The molecule has 1 unspecified atom stereocenters. The standard InChI is InChI=1S/C20H23F3N4O4/c1-11(2)17(29)27-16-7-13(4-5-24-16)18(30)26-12(3)14-6-15(9-28)19(25-8-14)31-10-20(21,22)23/h4-8,11-12,28H,9-10H2,1-3H3,(H,26,30)(H,24,27,29). The second kappa shape index (κ2) is 10.2. The van der Waals surface area contributed by atoms with Gasteiger partial charge in [0.15, 0.2) is 6.61 Å². The lowest BCUT2D eigenvalue weighted by molar-refractivity contribution is -0.154. The Hall–Kier alpha value is -3.21. The minimum absolute atomic E-state index is 0.0606. The highest BCUT2D eigenvalue weighted by Gasteiger charge is 2.29. The maximum atomic E-state index is 12.6. The molecule has 11 heteroatoms. The number of pyridine rings is 2. The summed E-state index contributed by atoms with van der Waals surface area (Å²) in [6.07, 6.45) is -1.89. The van der Waals surface area contributed by atoms with Crippen molar-refractivity contribution in [1.82, 2.24) is 15.3 Å². The number of nitrogens with zero attached hydrogens (tertiary/aromatic N) is 2. The van der Waals surface area contributed by atoms with Gasteiger partial charge in [0.05, 0.1) is 12.6 Å². The van der Waals surface area contributed by atoms with Crippen LogP contribution in [0.1, 0.15) is 48.3 Å². The van der Waals surface area contributed by atoms with Crippen LogP contribution in [0.25, 0.3) is 0 Å². The minimum atomic E-state index is -4.54. The van der Waals surface area contributed by atoms with E-state index in [0.29, 0.717) is 5.56 Å². The van der Waals surface area contributed by atoms with E-state index in [1.54, 1.807) is 20.8 Å². The van der Waals surface area contributed by atoms with E-state index in [9.17, 15) is 27.9 Å². The molecule has 0 saturated carbocycles. The minimum Gasteiger partial charge on any atom is -0.468 e. The fourth-order valence-electron chi connectivity index (χ4n) is 2.42. The summed E-state index contributed by atoms with van der Waals surface area (Å²) in [5, 5.41) is 14.7. The van der Waals surface area contributed by atoms with Gasteiger partial charge in [0.25, 0.3) is 5.91 Å². The second-order valence-electron chi connectivity index (χ2n) is 7.06. The van der Waals surface area contributed by atoms with Gasteiger partial charge in [0, 0.05) is 29.4 Å². The predicted octanol–water partition coefficient (Wildman–Crippen LogP) is 3.00. The lowest BCUT2D eigenvalue weighted by atomic mass is 10.1. The summed E-state index contributed by atoms with van der Waals surface area (Å²) in [5.41, 5.74) is 0.769. The molecule has 2 aromatic rings. The molecular formula is C20H23F3N4O4. The molecule has 1 atom stereocenters. The number of aliphatic hydroxyl groups excluding tert-OH is 1. The third kappa shape index (κ3) is 7.21. The Kier molecular flexibility index (Phi) is 7.92. The summed E-state index contributed by atoms with van der Waals surface area (Å²) < 4.78 is 41.6. The van der Waals surface area contributed by atoms with Crippen LogP contribution in [0.4, 0.5) is 19.0 Å². The van der Waals surface area contributed by atoms with Crippen LogP contribution in [0.2, 0.25) is 0 Å². The molecule has 168 valence electrons. The number of alkyl halides is 3. The highest BCUT2D eigenvalue weighted by Crippen LogP contribution is 2.23. The lowest BCUT2D eigenvalue weighted by Gasteiger charge is -2.17. The molecule has 0 bridgehead atoms. The highest BCUT2D eigenvalue weighted by atomic mass is 19.4. The number of carbonyl (C=O) groups is 2. The van der Waals surface area contributed by atoms with Gasteiger partial charge >= 0.3 is 6.18 Å². The van der Waals surface area contributed by atoms with Gasteiger partial charge in [-0.3, -0.25) is 9.59 Å². The van der Waals surface area contributed by atoms with E-state index in [-0.39, 0.29) is 34.6 Å². The van der Waals surface area contributed by atoms with E-state index >= 15 is 0 Å². The molecule has 0 radical (unpaired) electrons. The molecule has 0 fully saturated rings. The van der Waals surface area contributed by atoms with E-state index in [1.165, 1.54) is 30.6 Å². The number of aliphatic hydroxyl groups is 1. The topological polar surface area (TPSA) is 113 Å². The summed E-state index contributed by atoms with van der Waals surface area (Å²) in [4.78, 5) is 32.2. The van der Waals surface area contributed by atoms with Crippen molar-refractivity contribution in [3.8, 4) is 5.88 Å². The van der Waals surface area contributed by atoms with Gasteiger partial charge in [0.1, 0.15) is 5.82 Å². The quantitative estimate of drug-likeness (QED) is 0.582. The van der Waals surface area contributed by atoms with Crippen molar-refractivity contribution < 1.29 is 32.6 Å². The molecule has 0 spiro atoms. The first-order chi connectivity index (χ1) is 14.5. The van der Waals surface area contributed by atoms with Crippen LogP contribution in [-0.2, 0) is 11.4 Å². The predicted molar refractivity (Wildman–Crippen MR) is 105 cm³/mol. The third-order valence-corrected chi connectivity index (χ3v) is 4.13. The normalized spacial score (nSPS) is 12.4. The lowest BCUT2D eigenvalue weighted by Crippen LogP contribution is -2.27. The van der Waals surface area contributed by atoms with Crippen molar-refractivity contribution in [1.29, 1.82) is 0 Å². The van der Waals surface area contributed by atoms with Crippen molar-refractivity contribution >= 4 is 17.6 Å². The monoisotopic (exact) mass is 440 g/mol. The van der Waals surface area contributed by atoms with E-state index in [4.69, 9.17) is 0 Å². The van der Waals surface area contributed by atoms with Crippen molar-refractivity contribution in [2.24, 2.45) is 5.92 Å². The molecule has 0 aliphatic rings. The molecular weight excluding hydrogens is 417 g/mol. The molecule has 0 saturated heterocycles. The Balaban J connectivity index is 2.09. The van der Waals surface area contributed by atoms with Crippen LogP contribution in [0.3, 0.4) is 0 Å². The summed E-state index contributed by atoms with van der Waals surface area (Å²) >= 11 is 0. The van der Waals surface area contributed by atoms with Gasteiger partial charge < -0.3 is 20.5 Å².